The van der Waals surface area contributed by atoms with Gasteiger partial charge in [-0.2, -0.15) is 11.2 Å². The minimum atomic E-state index is -0.0938. The van der Waals surface area contributed by atoms with E-state index in [9.17, 15) is 9.59 Å². The number of halogens is 8. The van der Waals surface area contributed by atoms with Gasteiger partial charge in [0.2, 0.25) is 0 Å². The molecule has 1 unspecified atom stereocenters. The summed E-state index contributed by atoms with van der Waals surface area (Å²) in [5.74, 6) is 2.14. The number of nitriles is 1. The van der Waals surface area contributed by atoms with Gasteiger partial charge in [-0.15, -0.1) is 11.3 Å². The number of nitrogen functional groups attached to an aromatic ring is 1. The van der Waals surface area contributed by atoms with Gasteiger partial charge in [0.25, 0.3) is 0 Å². The van der Waals surface area contributed by atoms with Gasteiger partial charge in [-0.1, -0.05) is 171 Å². The molecule has 5 rings (SSSR count). The van der Waals surface area contributed by atoms with Crippen LogP contribution in [0, 0.1) is 36.0 Å². The number of carbonyl (C=O) groups excluding carboxylic acids is 2. The first-order valence-electron chi connectivity index (χ1n) is 18.9. The average molecular weight is 1440 g/mol. The van der Waals surface area contributed by atoms with Crippen LogP contribution in [0.2, 0.25) is 0 Å². The number of thiocarbonyl (C=S) groups is 1. The van der Waals surface area contributed by atoms with Gasteiger partial charge in [0.1, 0.15) is 0 Å². The van der Waals surface area contributed by atoms with Crippen molar-refractivity contribution in [3.8, 4) is 17.3 Å². The summed E-state index contributed by atoms with van der Waals surface area (Å²) < 4.78 is 4.07. The first kappa shape index (κ1) is 70.0. The summed E-state index contributed by atoms with van der Waals surface area (Å²) >= 11 is 27.9. The number of alkyl halides is 1. The maximum Gasteiger partial charge on any atom is 2.00 e. The van der Waals surface area contributed by atoms with Crippen LogP contribution in [0.3, 0.4) is 0 Å². The van der Waals surface area contributed by atoms with E-state index in [2.05, 4.69) is 197 Å². The molecule has 18 heteroatoms. The third-order valence-electron chi connectivity index (χ3n) is 7.01. The third kappa shape index (κ3) is 33.8. The quantitative estimate of drug-likeness (QED) is 0.0457. The van der Waals surface area contributed by atoms with Gasteiger partial charge in [0.05, 0.1) is 22.2 Å². The number of thiazole rings is 1. The minimum absolute atomic E-state index is 0. The normalized spacial score (nSPS) is 9.92. The molecule has 0 bridgehead atoms. The predicted octanol–water partition coefficient (Wildman–Crippen LogP) is 13.3. The summed E-state index contributed by atoms with van der Waals surface area (Å²) in [7, 11) is 0. The predicted molar refractivity (Wildman–Crippen MR) is 301 cm³/mol. The number of rotatable bonds is 8. The number of ketones is 2. The SMILES string of the molecule is BrBr.CC(C)C(Br)C(=O)c1ccc(Br)cc1.CC(C)CC(=O)c1ccc(Br)cc1.CC(C)c1sc(N)nc1-c1ccc(Br)cc1.N#Cc1ccc(Br)cc1.NC(N)=S.[Br-].[CH2-]C(C)C.[Mg+2]. The monoisotopic (exact) mass is 1430 g/mol. The van der Waals surface area contributed by atoms with Crippen molar-refractivity contribution in [2.45, 2.75) is 72.6 Å². The second-order valence-electron chi connectivity index (χ2n) is 14.4. The van der Waals surface area contributed by atoms with Crippen molar-refractivity contribution < 1.29 is 26.6 Å². The molecule has 0 spiro atoms. The van der Waals surface area contributed by atoms with E-state index in [0.29, 0.717) is 40.8 Å². The van der Waals surface area contributed by atoms with E-state index in [0.717, 1.165) is 40.3 Å². The van der Waals surface area contributed by atoms with Crippen LogP contribution in [0.1, 0.15) is 98.9 Å². The molecule has 1 atom stereocenters. The number of hydrogen-bond donors (Lipinski definition) is 3. The van der Waals surface area contributed by atoms with Crippen LogP contribution in [-0.2, 0) is 0 Å². The first-order chi connectivity index (χ1) is 29.0. The molecule has 0 aliphatic carbocycles. The van der Waals surface area contributed by atoms with Crippen molar-refractivity contribution in [2.24, 2.45) is 29.2 Å². The standard InChI is InChI=1S/C12H13BrN2S.C11H12Br2O.C11H13BrO.C7H4BrN.C4H9.CH4N2S.Br2.BrH.Mg/c1-7(2)11-10(15-12(14)16-11)8-3-5-9(13)6-4-8;1-7(2)10(13)11(14)8-3-5-9(12)6-4-8;1-8(2)7-11(13)9-3-5-10(12)6-4-9;8-7-3-1-6(5-9)2-4-7;1-4(2)3;2-1(3)4;1-2;;/h3-7H,1-2H3,(H2,14,15);3-7,10H,1-2H3;3-6,8H,7H2,1-2H3;1-4H;4H,1H2,2-3H3;(H4,2,3,4);;1H;/q;;;;-1;;;;+2/p-1. The molecule has 5 aromatic rings. The number of nitrogens with zero attached hydrogens (tertiary/aromatic N) is 2. The molecule has 0 saturated carbocycles. The Balaban J connectivity index is -0.000000351. The summed E-state index contributed by atoms with van der Waals surface area (Å²) in [4.78, 5) is 29.0. The fourth-order valence-corrected chi connectivity index (χ4v) is 6.46. The van der Waals surface area contributed by atoms with E-state index in [1.165, 1.54) is 4.88 Å². The fourth-order valence-electron chi connectivity index (χ4n) is 4.28. The molecule has 64 heavy (non-hydrogen) atoms. The number of carbonyl (C=O) groups is 2. The van der Waals surface area contributed by atoms with Crippen molar-refractivity contribution in [3.05, 3.63) is 143 Å². The Morgan fingerprint density at radius 3 is 1.41 bits per heavy atom. The number of aromatic nitrogens is 1. The first-order valence-corrected chi connectivity index (χ1v) is 27.9. The van der Waals surface area contributed by atoms with Gasteiger partial charge in [-0.05, 0) is 90.6 Å². The summed E-state index contributed by atoms with van der Waals surface area (Å²) in [6.45, 7) is 20.2. The Morgan fingerprint density at radius 2 is 1.08 bits per heavy atom. The summed E-state index contributed by atoms with van der Waals surface area (Å²) in [6.07, 6.45) is 0.627. The van der Waals surface area contributed by atoms with Crippen molar-refractivity contribution in [1.29, 1.82) is 5.26 Å². The fraction of sp³-hybridized carbons (Fsp3) is 0.304. The molecule has 0 aliphatic rings. The van der Waals surface area contributed by atoms with E-state index in [1.807, 2.05) is 92.7 Å². The molecule has 0 fully saturated rings. The van der Waals surface area contributed by atoms with E-state index in [4.69, 9.17) is 11.0 Å². The summed E-state index contributed by atoms with van der Waals surface area (Å²) in [5.41, 5.74) is 19.4. The van der Waals surface area contributed by atoms with Gasteiger partial charge in [0.15, 0.2) is 21.8 Å². The summed E-state index contributed by atoms with van der Waals surface area (Å²) in [5, 5.41) is 9.00. The van der Waals surface area contributed by atoms with E-state index in [-0.39, 0.29) is 61.5 Å². The molecule has 0 saturated heterocycles. The van der Waals surface area contributed by atoms with Crippen LogP contribution >= 0.6 is 131 Å². The van der Waals surface area contributed by atoms with Crippen molar-refractivity contribution in [3.63, 3.8) is 0 Å². The molecule has 0 radical (unpaired) electrons. The molecule has 1 heterocycles. The van der Waals surface area contributed by atoms with E-state index < -0.39 is 0 Å². The van der Waals surface area contributed by atoms with Crippen molar-refractivity contribution in [2.75, 3.05) is 5.73 Å². The van der Waals surface area contributed by atoms with Crippen LogP contribution in [0.4, 0.5) is 5.13 Å². The number of nitrogens with two attached hydrogens (primary N) is 3. The molecule has 4 aromatic carbocycles. The Hall–Kier alpha value is -0.564. The third-order valence-corrected chi connectivity index (χ3v) is 11.8. The maximum atomic E-state index is 11.8. The largest absolute Gasteiger partial charge is 2.00 e. The molecule has 0 aliphatic heterocycles. The van der Waals surface area contributed by atoms with E-state index >= 15 is 0 Å². The zero-order valence-corrected chi connectivity index (χ0v) is 52.8. The molecular formula is C46H55Br8MgN5O2S2. The van der Waals surface area contributed by atoms with Crippen LogP contribution in [0.15, 0.2) is 115 Å². The zero-order chi connectivity index (χ0) is 48.1. The minimum Gasteiger partial charge on any atom is -1.00 e. The number of hydrogen-bond acceptors (Lipinski definition) is 7. The molecule has 0 amide bonds. The number of anilines is 1. The number of Topliss-reactive ketones (excluding diaryl/α,β-unsaturated/α-hetero) is 2. The summed E-state index contributed by atoms with van der Waals surface area (Å²) in [6, 6.07) is 32.4. The average Bonchev–Trinajstić information content (AvgIpc) is 3.61. The zero-order valence-electron chi connectivity index (χ0n) is 37.0. The van der Waals surface area contributed by atoms with Gasteiger partial charge in [-0.25, -0.2) is 4.98 Å². The maximum absolute atomic E-state index is 11.8. The second-order valence-corrected chi connectivity index (χ2v) is 20.6. The topological polar surface area (TPSA) is 149 Å². The molecular weight excluding hydrogens is 1380 g/mol. The van der Waals surface area contributed by atoms with Crippen LogP contribution < -0.4 is 34.2 Å². The second kappa shape index (κ2) is 40.3. The van der Waals surface area contributed by atoms with Gasteiger partial charge in [-0.3, -0.25) is 9.59 Å². The van der Waals surface area contributed by atoms with Crippen molar-refractivity contribution >= 4 is 176 Å². The van der Waals surface area contributed by atoms with E-state index in [1.54, 1.807) is 23.5 Å². The Morgan fingerprint density at radius 1 is 0.734 bits per heavy atom. The Bertz CT molecular complexity index is 2060. The molecule has 6 N–H and O–H groups in total. The Labute approximate surface area is 475 Å². The van der Waals surface area contributed by atoms with Gasteiger partial charge < -0.3 is 41.1 Å². The van der Waals surface area contributed by atoms with Gasteiger partial charge in [0, 0.05) is 74.1 Å². The van der Waals surface area contributed by atoms with Crippen LogP contribution in [0.5, 0.6) is 0 Å². The Kier molecular flexibility index (Phi) is 44.1. The van der Waals surface area contributed by atoms with Crippen molar-refractivity contribution in [1.82, 2.24) is 4.98 Å². The van der Waals surface area contributed by atoms with Crippen LogP contribution in [-0.4, -0.2) is 49.5 Å². The van der Waals surface area contributed by atoms with Gasteiger partial charge >= 0.3 is 23.1 Å². The molecule has 346 valence electrons. The molecule has 7 nitrogen and oxygen atoms in total. The smallest absolute Gasteiger partial charge is 1.00 e. The number of benzene rings is 4. The molecule has 1 aromatic heterocycles. The van der Waals surface area contributed by atoms with Crippen LogP contribution in [0.25, 0.3) is 11.3 Å².